The molecule has 1 aromatic carbocycles. The van der Waals surface area contributed by atoms with Crippen LogP contribution in [0.15, 0.2) is 18.2 Å². The molecule has 0 aromatic heterocycles. The molecule has 1 aromatic rings. The minimum Gasteiger partial charge on any atom is -0.387 e. The summed E-state index contributed by atoms with van der Waals surface area (Å²) >= 11 is 5.76. The normalized spacial score (nSPS) is 9.79. The van der Waals surface area contributed by atoms with Crippen LogP contribution in [0.5, 0.6) is 0 Å². The molecule has 0 saturated heterocycles. The smallest absolute Gasteiger partial charge is 0.274 e. The molecule has 14 heavy (non-hydrogen) atoms. The molecule has 0 unspecified atom stereocenters. The van der Waals surface area contributed by atoms with Gasteiger partial charge in [-0.1, -0.05) is 17.7 Å². The molecule has 0 bridgehead atoms. The Kier molecular flexibility index (Phi) is 3.03. The molecule has 0 radical (unpaired) electrons. The number of nitrogens with two attached hydrogens (primary N) is 1. The number of nitrogens with one attached hydrogen (secondary N) is 1. The third-order valence-electron chi connectivity index (χ3n) is 1.66. The van der Waals surface area contributed by atoms with Crippen molar-refractivity contribution in [3.05, 3.63) is 38.9 Å². The summed E-state index contributed by atoms with van der Waals surface area (Å²) in [4.78, 5) is 10.1. The van der Waals surface area contributed by atoms with E-state index in [1.54, 1.807) is 0 Å². The molecule has 0 aliphatic heterocycles. The van der Waals surface area contributed by atoms with Crippen LogP contribution in [0.1, 0.15) is 5.56 Å². The standard InChI is InChI=1S/C8H8ClN3O2/c9-6-2-1-3-7(12(13)14)5(6)4-8(10)11/h1-3H,4H2,(H3,10,11). The Bertz CT molecular complexity index is 392. The fourth-order valence-electron chi connectivity index (χ4n) is 1.08. The molecule has 0 spiro atoms. The minimum atomic E-state index is -0.538. The fourth-order valence-corrected chi connectivity index (χ4v) is 1.32. The van der Waals surface area contributed by atoms with E-state index in [2.05, 4.69) is 0 Å². The Morgan fingerprint density at radius 2 is 2.29 bits per heavy atom. The predicted octanol–water partition coefficient (Wildman–Crippen LogP) is 1.73. The maximum atomic E-state index is 10.6. The van der Waals surface area contributed by atoms with Crippen LogP contribution in [0.25, 0.3) is 0 Å². The zero-order valence-corrected chi connectivity index (χ0v) is 7.91. The number of hydrogen-bond acceptors (Lipinski definition) is 3. The van der Waals surface area contributed by atoms with Gasteiger partial charge in [0.2, 0.25) is 0 Å². The lowest BCUT2D eigenvalue weighted by molar-refractivity contribution is -0.385. The summed E-state index contributed by atoms with van der Waals surface area (Å²) in [7, 11) is 0. The van der Waals surface area contributed by atoms with E-state index in [9.17, 15) is 10.1 Å². The summed E-state index contributed by atoms with van der Waals surface area (Å²) in [6.07, 6.45) is -0.00398. The summed E-state index contributed by atoms with van der Waals surface area (Å²) in [5, 5.41) is 17.9. The highest BCUT2D eigenvalue weighted by Gasteiger charge is 2.16. The average Bonchev–Trinajstić information content (AvgIpc) is 2.07. The second-order valence-corrected chi connectivity index (χ2v) is 3.10. The van der Waals surface area contributed by atoms with Gasteiger partial charge in [-0.15, -0.1) is 0 Å². The highest BCUT2D eigenvalue weighted by atomic mass is 35.5. The number of nitrogens with zero attached hydrogens (tertiary/aromatic N) is 1. The van der Waals surface area contributed by atoms with E-state index in [1.807, 2.05) is 0 Å². The van der Waals surface area contributed by atoms with E-state index in [1.165, 1.54) is 18.2 Å². The van der Waals surface area contributed by atoms with Crippen LogP contribution in [0.4, 0.5) is 5.69 Å². The molecular weight excluding hydrogens is 206 g/mol. The lowest BCUT2D eigenvalue weighted by Gasteiger charge is -2.03. The first-order valence-electron chi connectivity index (χ1n) is 3.77. The van der Waals surface area contributed by atoms with Crippen LogP contribution >= 0.6 is 11.6 Å². The van der Waals surface area contributed by atoms with E-state index in [0.717, 1.165) is 0 Å². The Labute approximate surface area is 85.1 Å². The number of amidine groups is 1. The van der Waals surface area contributed by atoms with Crippen LogP contribution in [-0.4, -0.2) is 10.8 Å². The molecule has 0 heterocycles. The molecule has 0 aliphatic carbocycles. The van der Waals surface area contributed by atoms with Gasteiger partial charge in [-0.05, 0) is 6.07 Å². The van der Waals surface area contributed by atoms with Crippen molar-refractivity contribution in [3.63, 3.8) is 0 Å². The van der Waals surface area contributed by atoms with Crippen molar-refractivity contribution in [2.24, 2.45) is 5.73 Å². The van der Waals surface area contributed by atoms with E-state index < -0.39 is 4.92 Å². The van der Waals surface area contributed by atoms with Crippen molar-refractivity contribution in [1.29, 1.82) is 5.41 Å². The van der Waals surface area contributed by atoms with Crippen molar-refractivity contribution in [1.82, 2.24) is 0 Å². The lowest BCUT2D eigenvalue weighted by Crippen LogP contribution is -2.14. The monoisotopic (exact) mass is 213 g/mol. The minimum absolute atomic E-state index is 0.00398. The lowest BCUT2D eigenvalue weighted by atomic mass is 10.1. The van der Waals surface area contributed by atoms with E-state index in [-0.39, 0.29) is 28.5 Å². The fraction of sp³-hybridized carbons (Fsp3) is 0.125. The number of nitro benzene ring substituents is 1. The number of benzene rings is 1. The zero-order chi connectivity index (χ0) is 10.7. The maximum Gasteiger partial charge on any atom is 0.274 e. The van der Waals surface area contributed by atoms with Crippen LogP contribution in [0.2, 0.25) is 5.02 Å². The molecular formula is C8H8ClN3O2. The Balaban J connectivity index is 3.22. The van der Waals surface area contributed by atoms with Crippen LogP contribution in [-0.2, 0) is 6.42 Å². The molecule has 0 fully saturated rings. The molecule has 6 heteroatoms. The first kappa shape index (κ1) is 10.5. The van der Waals surface area contributed by atoms with Crippen molar-refractivity contribution in [2.45, 2.75) is 6.42 Å². The molecule has 74 valence electrons. The van der Waals surface area contributed by atoms with Gasteiger partial charge >= 0.3 is 0 Å². The molecule has 0 amide bonds. The highest BCUT2D eigenvalue weighted by molar-refractivity contribution is 6.31. The van der Waals surface area contributed by atoms with Crippen LogP contribution < -0.4 is 5.73 Å². The van der Waals surface area contributed by atoms with Gasteiger partial charge in [0.05, 0.1) is 21.3 Å². The van der Waals surface area contributed by atoms with Gasteiger partial charge in [0.15, 0.2) is 0 Å². The summed E-state index contributed by atoms with van der Waals surface area (Å²) in [5.74, 6) is -0.152. The average molecular weight is 214 g/mol. The summed E-state index contributed by atoms with van der Waals surface area (Å²) in [6, 6.07) is 4.36. The molecule has 0 aliphatic rings. The maximum absolute atomic E-state index is 10.6. The molecule has 0 atom stereocenters. The zero-order valence-electron chi connectivity index (χ0n) is 7.16. The van der Waals surface area contributed by atoms with Crippen molar-refractivity contribution < 1.29 is 4.92 Å². The van der Waals surface area contributed by atoms with Crippen molar-refractivity contribution >= 4 is 23.1 Å². The number of nitro groups is 1. The number of rotatable bonds is 3. The Morgan fingerprint density at radius 3 is 2.79 bits per heavy atom. The second-order valence-electron chi connectivity index (χ2n) is 2.70. The van der Waals surface area contributed by atoms with Gasteiger partial charge in [-0.3, -0.25) is 15.5 Å². The quantitative estimate of drug-likeness (QED) is 0.347. The van der Waals surface area contributed by atoms with Gasteiger partial charge < -0.3 is 5.73 Å². The third-order valence-corrected chi connectivity index (χ3v) is 2.01. The van der Waals surface area contributed by atoms with Gasteiger partial charge in [0.25, 0.3) is 5.69 Å². The van der Waals surface area contributed by atoms with Crippen molar-refractivity contribution in [2.75, 3.05) is 0 Å². The molecule has 3 N–H and O–H groups in total. The highest BCUT2D eigenvalue weighted by Crippen LogP contribution is 2.26. The first-order valence-corrected chi connectivity index (χ1v) is 4.15. The van der Waals surface area contributed by atoms with Gasteiger partial charge in [0, 0.05) is 12.5 Å². The topological polar surface area (TPSA) is 93.0 Å². The van der Waals surface area contributed by atoms with Crippen LogP contribution in [0, 0.1) is 15.5 Å². The van der Waals surface area contributed by atoms with E-state index >= 15 is 0 Å². The summed E-state index contributed by atoms with van der Waals surface area (Å²) < 4.78 is 0. The molecule has 0 saturated carbocycles. The number of hydrogen-bond donors (Lipinski definition) is 2. The van der Waals surface area contributed by atoms with Gasteiger partial charge in [-0.2, -0.15) is 0 Å². The Morgan fingerprint density at radius 1 is 1.64 bits per heavy atom. The molecule has 1 rings (SSSR count). The van der Waals surface area contributed by atoms with E-state index in [4.69, 9.17) is 22.7 Å². The SMILES string of the molecule is N=C(N)Cc1c(Cl)cccc1[N+](=O)[O-]. The van der Waals surface area contributed by atoms with Crippen molar-refractivity contribution in [3.8, 4) is 0 Å². The van der Waals surface area contributed by atoms with E-state index in [0.29, 0.717) is 0 Å². The number of halogens is 1. The summed E-state index contributed by atoms with van der Waals surface area (Å²) in [6.45, 7) is 0. The van der Waals surface area contributed by atoms with Gasteiger partial charge in [-0.25, -0.2) is 0 Å². The largest absolute Gasteiger partial charge is 0.387 e. The second kappa shape index (κ2) is 4.06. The van der Waals surface area contributed by atoms with Crippen LogP contribution in [0.3, 0.4) is 0 Å². The summed E-state index contributed by atoms with van der Waals surface area (Å²) in [5.41, 5.74) is 5.34. The van der Waals surface area contributed by atoms with Gasteiger partial charge in [0.1, 0.15) is 0 Å². The third kappa shape index (κ3) is 2.20. The predicted molar refractivity (Wildman–Crippen MR) is 53.7 cm³/mol. The molecule has 5 nitrogen and oxygen atoms in total. The first-order chi connectivity index (χ1) is 6.52. The Hall–Kier alpha value is -1.62.